The Labute approximate surface area is 100 Å². The predicted octanol–water partition coefficient (Wildman–Crippen LogP) is 3.04. The van der Waals surface area contributed by atoms with Crippen molar-refractivity contribution in [3.8, 4) is 0 Å². The molecule has 0 saturated carbocycles. The molecule has 0 aliphatic carbocycles. The van der Waals surface area contributed by atoms with E-state index in [1.54, 1.807) is 6.07 Å². The van der Waals surface area contributed by atoms with E-state index in [-0.39, 0.29) is 5.82 Å². The number of nitrogens with two attached hydrogens (primary N) is 1. The topological polar surface area (TPSA) is 29.3 Å². The van der Waals surface area contributed by atoms with Crippen LogP contribution in [-0.4, -0.2) is 7.05 Å². The number of halogens is 1. The lowest BCUT2D eigenvalue weighted by Crippen LogP contribution is -2.16. The van der Waals surface area contributed by atoms with Gasteiger partial charge in [0.15, 0.2) is 0 Å². The maximum absolute atomic E-state index is 13.2. The molecule has 2 N–H and O–H groups in total. The van der Waals surface area contributed by atoms with Crippen LogP contribution in [0.4, 0.5) is 15.8 Å². The number of anilines is 2. The highest BCUT2D eigenvalue weighted by Crippen LogP contribution is 2.17. The van der Waals surface area contributed by atoms with Gasteiger partial charge in [0.1, 0.15) is 5.82 Å². The molecule has 2 aromatic rings. The SMILES string of the molecule is CN(Cc1cc(N)cc(F)c1)c1ccccc1. The zero-order chi connectivity index (χ0) is 12.3. The fourth-order valence-electron chi connectivity index (χ4n) is 1.81. The van der Waals surface area contributed by atoms with Crippen molar-refractivity contribution in [1.29, 1.82) is 0 Å². The number of nitrogen functional groups attached to an aromatic ring is 1. The second-order valence-electron chi connectivity index (χ2n) is 4.08. The fourth-order valence-corrected chi connectivity index (χ4v) is 1.81. The van der Waals surface area contributed by atoms with Crippen molar-refractivity contribution in [3.05, 3.63) is 59.9 Å². The van der Waals surface area contributed by atoms with E-state index in [0.717, 1.165) is 11.3 Å². The molecule has 0 unspecified atom stereocenters. The van der Waals surface area contributed by atoms with Gasteiger partial charge in [-0.25, -0.2) is 4.39 Å². The minimum absolute atomic E-state index is 0.290. The standard InChI is InChI=1S/C14H15FN2/c1-17(14-5-3-2-4-6-14)10-11-7-12(15)9-13(16)8-11/h2-9H,10,16H2,1H3. The number of hydrogen-bond donors (Lipinski definition) is 1. The van der Waals surface area contributed by atoms with Crippen LogP contribution in [0.5, 0.6) is 0 Å². The molecule has 0 amide bonds. The molecule has 17 heavy (non-hydrogen) atoms. The van der Waals surface area contributed by atoms with E-state index in [9.17, 15) is 4.39 Å². The minimum Gasteiger partial charge on any atom is -0.399 e. The van der Waals surface area contributed by atoms with Gasteiger partial charge in [-0.2, -0.15) is 0 Å². The van der Waals surface area contributed by atoms with Crippen LogP contribution in [0.3, 0.4) is 0 Å². The van der Waals surface area contributed by atoms with E-state index < -0.39 is 0 Å². The van der Waals surface area contributed by atoms with Gasteiger partial charge in [-0.3, -0.25) is 0 Å². The Hall–Kier alpha value is -2.03. The normalized spacial score (nSPS) is 10.2. The van der Waals surface area contributed by atoms with Crippen LogP contribution in [0, 0.1) is 5.82 Å². The summed E-state index contributed by atoms with van der Waals surface area (Å²) in [5.74, 6) is -0.290. The molecular formula is C14H15FN2. The largest absolute Gasteiger partial charge is 0.399 e. The maximum Gasteiger partial charge on any atom is 0.125 e. The number of rotatable bonds is 3. The number of nitrogens with zero attached hydrogens (tertiary/aromatic N) is 1. The fraction of sp³-hybridized carbons (Fsp3) is 0.143. The van der Waals surface area contributed by atoms with Crippen LogP contribution in [0.1, 0.15) is 5.56 Å². The molecule has 88 valence electrons. The molecule has 0 fully saturated rings. The van der Waals surface area contributed by atoms with Crippen molar-refractivity contribution in [1.82, 2.24) is 0 Å². The quantitative estimate of drug-likeness (QED) is 0.821. The summed E-state index contributed by atoms with van der Waals surface area (Å²) in [5.41, 5.74) is 8.04. The zero-order valence-electron chi connectivity index (χ0n) is 9.73. The van der Waals surface area contributed by atoms with Crippen LogP contribution in [0.25, 0.3) is 0 Å². The van der Waals surface area contributed by atoms with Gasteiger partial charge in [0, 0.05) is 25.0 Å². The lowest BCUT2D eigenvalue weighted by atomic mass is 10.1. The van der Waals surface area contributed by atoms with Gasteiger partial charge in [-0.05, 0) is 35.9 Å². The monoisotopic (exact) mass is 230 g/mol. The average molecular weight is 230 g/mol. The van der Waals surface area contributed by atoms with Crippen molar-refractivity contribution < 1.29 is 4.39 Å². The number of para-hydroxylation sites is 1. The Morgan fingerprint density at radius 2 is 1.82 bits per heavy atom. The third-order valence-electron chi connectivity index (χ3n) is 2.60. The molecule has 0 aliphatic rings. The van der Waals surface area contributed by atoms with Crippen LogP contribution >= 0.6 is 0 Å². The summed E-state index contributed by atoms with van der Waals surface area (Å²) < 4.78 is 13.2. The van der Waals surface area contributed by atoms with Gasteiger partial charge in [0.2, 0.25) is 0 Å². The molecule has 3 heteroatoms. The van der Waals surface area contributed by atoms with Crippen LogP contribution < -0.4 is 10.6 Å². The van der Waals surface area contributed by atoms with E-state index in [0.29, 0.717) is 12.2 Å². The molecule has 0 aliphatic heterocycles. The van der Waals surface area contributed by atoms with E-state index in [1.165, 1.54) is 12.1 Å². The molecule has 0 heterocycles. The number of hydrogen-bond acceptors (Lipinski definition) is 2. The van der Waals surface area contributed by atoms with Crippen molar-refractivity contribution in [2.75, 3.05) is 17.7 Å². The Morgan fingerprint density at radius 1 is 1.12 bits per heavy atom. The van der Waals surface area contributed by atoms with Gasteiger partial charge in [-0.1, -0.05) is 18.2 Å². The highest BCUT2D eigenvalue weighted by atomic mass is 19.1. The first-order chi connectivity index (χ1) is 8.15. The molecule has 0 radical (unpaired) electrons. The molecule has 2 rings (SSSR count). The molecule has 0 aromatic heterocycles. The molecule has 0 saturated heterocycles. The first-order valence-electron chi connectivity index (χ1n) is 5.46. The van der Waals surface area contributed by atoms with Crippen molar-refractivity contribution in [2.45, 2.75) is 6.54 Å². The number of benzene rings is 2. The Balaban J connectivity index is 2.16. The molecule has 0 bridgehead atoms. The summed E-state index contributed by atoms with van der Waals surface area (Å²) >= 11 is 0. The summed E-state index contributed by atoms with van der Waals surface area (Å²) in [6.07, 6.45) is 0. The van der Waals surface area contributed by atoms with E-state index in [1.807, 2.05) is 42.3 Å². The second kappa shape index (κ2) is 4.87. The van der Waals surface area contributed by atoms with Gasteiger partial charge < -0.3 is 10.6 Å². The van der Waals surface area contributed by atoms with Crippen molar-refractivity contribution in [3.63, 3.8) is 0 Å². The van der Waals surface area contributed by atoms with Crippen LogP contribution in [0.2, 0.25) is 0 Å². The maximum atomic E-state index is 13.2. The third kappa shape index (κ3) is 2.97. The Morgan fingerprint density at radius 3 is 2.47 bits per heavy atom. The van der Waals surface area contributed by atoms with Gasteiger partial charge in [0.05, 0.1) is 0 Å². The Kier molecular flexibility index (Phi) is 3.28. The zero-order valence-corrected chi connectivity index (χ0v) is 9.73. The smallest absolute Gasteiger partial charge is 0.125 e. The second-order valence-corrected chi connectivity index (χ2v) is 4.08. The van der Waals surface area contributed by atoms with E-state index >= 15 is 0 Å². The highest BCUT2D eigenvalue weighted by molar-refractivity contribution is 5.47. The summed E-state index contributed by atoms with van der Waals surface area (Å²) in [4.78, 5) is 2.05. The summed E-state index contributed by atoms with van der Waals surface area (Å²) in [6.45, 7) is 0.631. The molecule has 0 atom stereocenters. The molecule has 0 spiro atoms. The third-order valence-corrected chi connectivity index (χ3v) is 2.60. The van der Waals surface area contributed by atoms with Gasteiger partial charge in [-0.15, -0.1) is 0 Å². The first-order valence-corrected chi connectivity index (χ1v) is 5.46. The van der Waals surface area contributed by atoms with E-state index in [2.05, 4.69) is 0 Å². The Bertz CT molecular complexity index is 477. The van der Waals surface area contributed by atoms with Gasteiger partial charge in [0.25, 0.3) is 0 Å². The highest BCUT2D eigenvalue weighted by Gasteiger charge is 2.03. The van der Waals surface area contributed by atoms with Crippen molar-refractivity contribution in [2.24, 2.45) is 0 Å². The van der Waals surface area contributed by atoms with E-state index in [4.69, 9.17) is 5.73 Å². The van der Waals surface area contributed by atoms with Crippen molar-refractivity contribution >= 4 is 11.4 Å². The summed E-state index contributed by atoms with van der Waals surface area (Å²) in [6, 6.07) is 14.6. The van der Waals surface area contributed by atoms with Crippen LogP contribution in [0.15, 0.2) is 48.5 Å². The summed E-state index contributed by atoms with van der Waals surface area (Å²) in [5, 5.41) is 0. The first kappa shape index (κ1) is 11.5. The lowest BCUT2D eigenvalue weighted by Gasteiger charge is -2.19. The lowest BCUT2D eigenvalue weighted by molar-refractivity contribution is 0.626. The average Bonchev–Trinajstić information content (AvgIpc) is 2.28. The minimum atomic E-state index is -0.290. The predicted molar refractivity (Wildman–Crippen MR) is 69.4 cm³/mol. The molecule has 2 aromatic carbocycles. The molecule has 2 nitrogen and oxygen atoms in total. The molecular weight excluding hydrogens is 215 g/mol. The van der Waals surface area contributed by atoms with Gasteiger partial charge >= 0.3 is 0 Å². The van der Waals surface area contributed by atoms with Crippen LogP contribution in [-0.2, 0) is 6.54 Å². The summed E-state index contributed by atoms with van der Waals surface area (Å²) in [7, 11) is 1.97.